The van der Waals surface area contributed by atoms with Crippen LogP contribution in [-0.4, -0.2) is 41.7 Å². The van der Waals surface area contributed by atoms with Crippen LogP contribution < -0.4 is 5.32 Å². The van der Waals surface area contributed by atoms with Gasteiger partial charge in [-0.25, -0.2) is 13.4 Å². The number of sulfonamides is 1. The molecule has 2 heterocycles. The summed E-state index contributed by atoms with van der Waals surface area (Å²) in [6, 6.07) is -0.0890. The Hall–Kier alpha value is -1.12. The van der Waals surface area contributed by atoms with Crippen molar-refractivity contribution < 1.29 is 8.42 Å². The van der Waals surface area contributed by atoms with Gasteiger partial charge in [-0.05, 0) is 20.3 Å². The van der Waals surface area contributed by atoms with Crippen LogP contribution in [-0.2, 0) is 10.0 Å². The quantitative estimate of drug-likeness (QED) is 0.887. The zero-order valence-electron chi connectivity index (χ0n) is 12.1. The van der Waals surface area contributed by atoms with Gasteiger partial charge in [0, 0.05) is 31.2 Å². The molecule has 0 radical (unpaired) electrons. The molecule has 0 unspecified atom stereocenters. The molecule has 20 heavy (non-hydrogen) atoms. The number of rotatable bonds is 6. The molecule has 0 atom stereocenters. The van der Waals surface area contributed by atoms with Gasteiger partial charge in [0.15, 0.2) is 15.8 Å². The highest BCUT2D eigenvalue weighted by atomic mass is 32.2. The highest BCUT2D eigenvalue weighted by Gasteiger charge is 2.32. The van der Waals surface area contributed by atoms with Crippen LogP contribution in [0.4, 0.5) is 5.82 Å². The highest BCUT2D eigenvalue weighted by molar-refractivity contribution is 7.89. The lowest BCUT2D eigenvalue weighted by Gasteiger charge is -2.25. The maximum atomic E-state index is 12.9. The smallest absolute Gasteiger partial charge is 0.263 e. The third-order valence-corrected chi connectivity index (χ3v) is 5.89. The van der Waals surface area contributed by atoms with E-state index in [0.29, 0.717) is 17.3 Å². The van der Waals surface area contributed by atoms with Gasteiger partial charge in [0.25, 0.3) is 10.0 Å². The van der Waals surface area contributed by atoms with Crippen molar-refractivity contribution in [3.63, 3.8) is 0 Å². The number of fused-ring (bicyclic) bond motifs is 1. The first kappa shape index (κ1) is 15.3. The Morgan fingerprint density at radius 3 is 2.75 bits per heavy atom. The molecule has 2 rings (SSSR count). The molecule has 112 valence electrons. The van der Waals surface area contributed by atoms with Crippen LogP contribution in [0.3, 0.4) is 0 Å². The maximum absolute atomic E-state index is 12.9. The van der Waals surface area contributed by atoms with E-state index in [0.717, 1.165) is 6.42 Å². The molecule has 0 aliphatic rings. The minimum Gasteiger partial charge on any atom is -0.371 e. The number of nitrogens with one attached hydrogen (secondary N) is 1. The second kappa shape index (κ2) is 5.71. The summed E-state index contributed by atoms with van der Waals surface area (Å²) in [5.74, 6) is 0.401. The van der Waals surface area contributed by atoms with E-state index in [9.17, 15) is 8.42 Å². The maximum Gasteiger partial charge on any atom is 0.263 e. The summed E-state index contributed by atoms with van der Waals surface area (Å²) < 4.78 is 29.1. The SMILES string of the molecule is CCCN(C(C)C)S(=O)(=O)c1c(NC)nc2sccn12. The molecule has 0 saturated carbocycles. The molecule has 8 heteroatoms. The first-order valence-electron chi connectivity index (χ1n) is 6.58. The number of aromatic nitrogens is 2. The van der Waals surface area contributed by atoms with Crippen LogP contribution in [0.1, 0.15) is 27.2 Å². The number of thiazole rings is 1. The molecule has 2 aromatic heterocycles. The largest absolute Gasteiger partial charge is 0.371 e. The van der Waals surface area contributed by atoms with Crippen molar-refractivity contribution >= 4 is 32.1 Å². The average Bonchev–Trinajstić information content (AvgIpc) is 2.93. The molecule has 0 aromatic carbocycles. The van der Waals surface area contributed by atoms with Gasteiger partial charge in [0.1, 0.15) is 0 Å². The second-order valence-corrected chi connectivity index (χ2v) is 7.46. The number of imidazole rings is 1. The fourth-order valence-corrected chi connectivity index (χ4v) is 4.92. The molecular weight excluding hydrogens is 296 g/mol. The fourth-order valence-electron chi connectivity index (χ4n) is 2.16. The van der Waals surface area contributed by atoms with Crippen LogP contribution in [0, 0.1) is 0 Å². The van der Waals surface area contributed by atoms with Crippen molar-refractivity contribution in [2.45, 2.75) is 38.3 Å². The first-order valence-corrected chi connectivity index (χ1v) is 8.90. The Labute approximate surface area is 123 Å². The van der Waals surface area contributed by atoms with E-state index < -0.39 is 10.0 Å². The number of anilines is 1. The summed E-state index contributed by atoms with van der Waals surface area (Å²) >= 11 is 1.42. The van der Waals surface area contributed by atoms with E-state index in [1.165, 1.54) is 15.6 Å². The predicted molar refractivity (Wildman–Crippen MR) is 81.9 cm³/mol. The van der Waals surface area contributed by atoms with Crippen molar-refractivity contribution in [2.24, 2.45) is 0 Å². The molecule has 1 N–H and O–H groups in total. The molecule has 0 fully saturated rings. The van der Waals surface area contributed by atoms with E-state index in [-0.39, 0.29) is 11.1 Å². The first-order chi connectivity index (χ1) is 9.43. The predicted octanol–water partition coefficient (Wildman–Crippen LogP) is 2.25. The van der Waals surface area contributed by atoms with Gasteiger partial charge in [-0.2, -0.15) is 4.31 Å². The zero-order chi connectivity index (χ0) is 14.9. The van der Waals surface area contributed by atoms with Crippen LogP contribution >= 0.6 is 11.3 Å². The van der Waals surface area contributed by atoms with Crippen molar-refractivity contribution in [1.29, 1.82) is 0 Å². The molecule has 0 spiro atoms. The Kier molecular flexibility index (Phi) is 4.36. The van der Waals surface area contributed by atoms with Gasteiger partial charge in [-0.15, -0.1) is 11.3 Å². The lowest BCUT2D eigenvalue weighted by Crippen LogP contribution is -2.38. The van der Waals surface area contributed by atoms with Gasteiger partial charge in [-0.3, -0.25) is 4.40 Å². The molecule has 0 amide bonds. The number of hydrogen-bond acceptors (Lipinski definition) is 5. The molecule has 0 aliphatic heterocycles. The summed E-state index contributed by atoms with van der Waals surface area (Å²) in [5, 5.41) is 4.94. The van der Waals surface area contributed by atoms with E-state index in [1.807, 2.05) is 26.2 Å². The van der Waals surface area contributed by atoms with E-state index in [4.69, 9.17) is 0 Å². The van der Waals surface area contributed by atoms with Crippen molar-refractivity contribution in [1.82, 2.24) is 13.7 Å². The van der Waals surface area contributed by atoms with E-state index in [2.05, 4.69) is 10.3 Å². The Bertz CT molecular complexity index is 687. The van der Waals surface area contributed by atoms with E-state index in [1.54, 1.807) is 17.6 Å². The number of hydrogen-bond donors (Lipinski definition) is 1. The van der Waals surface area contributed by atoms with Gasteiger partial charge < -0.3 is 5.32 Å². The molecule has 0 saturated heterocycles. The summed E-state index contributed by atoms with van der Waals surface area (Å²) in [6.45, 7) is 6.25. The zero-order valence-corrected chi connectivity index (χ0v) is 13.8. The van der Waals surface area contributed by atoms with E-state index >= 15 is 0 Å². The van der Waals surface area contributed by atoms with Gasteiger partial charge in [0.05, 0.1) is 0 Å². The molecular formula is C12H20N4O2S2. The minimum atomic E-state index is -3.58. The molecule has 0 aliphatic carbocycles. The summed E-state index contributed by atoms with van der Waals surface area (Å²) in [6.07, 6.45) is 2.52. The van der Waals surface area contributed by atoms with Gasteiger partial charge in [-0.1, -0.05) is 6.92 Å². The lowest BCUT2D eigenvalue weighted by molar-refractivity contribution is 0.352. The third kappa shape index (κ3) is 2.43. The normalized spacial score (nSPS) is 12.7. The van der Waals surface area contributed by atoms with Crippen LogP contribution in [0.25, 0.3) is 4.96 Å². The van der Waals surface area contributed by atoms with Gasteiger partial charge >= 0.3 is 0 Å². The van der Waals surface area contributed by atoms with Gasteiger partial charge in [0.2, 0.25) is 0 Å². The Balaban J connectivity index is 2.63. The second-order valence-electron chi connectivity index (χ2n) is 4.78. The van der Waals surface area contributed by atoms with Crippen LogP contribution in [0.15, 0.2) is 16.6 Å². The Morgan fingerprint density at radius 1 is 1.50 bits per heavy atom. The van der Waals surface area contributed by atoms with Crippen LogP contribution in [0.5, 0.6) is 0 Å². The highest BCUT2D eigenvalue weighted by Crippen LogP contribution is 2.28. The molecule has 2 aromatic rings. The standard InChI is InChI=1S/C12H20N4O2S2/c1-5-6-16(9(2)3)20(17,18)11-10(13-4)14-12-15(11)7-8-19-12/h7-9,13H,5-6H2,1-4H3. The van der Waals surface area contributed by atoms with Crippen molar-refractivity contribution in [2.75, 3.05) is 18.9 Å². The molecule has 6 nitrogen and oxygen atoms in total. The summed E-state index contributed by atoms with van der Waals surface area (Å²) in [7, 11) is -1.89. The fraction of sp³-hybridized carbons (Fsp3) is 0.583. The summed E-state index contributed by atoms with van der Waals surface area (Å²) in [4.78, 5) is 5.00. The van der Waals surface area contributed by atoms with Crippen LogP contribution in [0.2, 0.25) is 0 Å². The summed E-state index contributed by atoms with van der Waals surface area (Å²) in [5.41, 5.74) is 0. The van der Waals surface area contributed by atoms with Crippen molar-refractivity contribution in [3.8, 4) is 0 Å². The monoisotopic (exact) mass is 316 g/mol. The minimum absolute atomic E-state index is 0.0890. The lowest BCUT2D eigenvalue weighted by atomic mass is 10.4. The Morgan fingerprint density at radius 2 is 2.20 bits per heavy atom. The third-order valence-electron chi connectivity index (χ3n) is 3.03. The molecule has 0 bridgehead atoms. The van der Waals surface area contributed by atoms with Crippen molar-refractivity contribution in [3.05, 3.63) is 11.6 Å². The average molecular weight is 316 g/mol. The topological polar surface area (TPSA) is 66.7 Å². The number of nitrogens with zero attached hydrogens (tertiary/aromatic N) is 3.